The van der Waals surface area contributed by atoms with E-state index in [4.69, 9.17) is 4.74 Å². The number of hydrogen-bond acceptors (Lipinski definition) is 6. The first kappa shape index (κ1) is 15.6. The summed E-state index contributed by atoms with van der Waals surface area (Å²) in [6.07, 6.45) is 5.15. The van der Waals surface area contributed by atoms with Gasteiger partial charge >= 0.3 is 5.97 Å². The molecule has 0 fully saturated rings. The second kappa shape index (κ2) is 7.32. The fraction of sp³-hybridized carbons (Fsp3) is 0.111. The minimum atomic E-state index is -0.334. The summed E-state index contributed by atoms with van der Waals surface area (Å²) in [5.41, 5.74) is 2.99. The van der Waals surface area contributed by atoms with Crippen molar-refractivity contribution in [2.75, 3.05) is 11.9 Å². The Balaban J connectivity index is 1.76. The smallest absolute Gasteiger partial charge is 0.338 e. The number of benzene rings is 1. The van der Waals surface area contributed by atoms with Crippen molar-refractivity contribution in [1.82, 2.24) is 15.0 Å². The molecule has 0 radical (unpaired) electrons. The first-order chi connectivity index (χ1) is 11.8. The molecule has 6 heteroatoms. The van der Waals surface area contributed by atoms with Gasteiger partial charge in [0.1, 0.15) is 0 Å². The maximum absolute atomic E-state index is 11.6. The Labute approximate surface area is 139 Å². The van der Waals surface area contributed by atoms with Crippen LogP contribution in [0, 0.1) is 0 Å². The number of esters is 1. The summed E-state index contributed by atoms with van der Waals surface area (Å²) in [7, 11) is 0. The molecule has 0 saturated heterocycles. The molecule has 0 spiro atoms. The summed E-state index contributed by atoms with van der Waals surface area (Å²) in [6.45, 7) is 2.13. The molecule has 3 rings (SSSR count). The zero-order chi connectivity index (χ0) is 16.8. The van der Waals surface area contributed by atoms with Crippen LogP contribution >= 0.6 is 0 Å². The minimum absolute atomic E-state index is 0.334. The molecule has 0 aliphatic rings. The highest BCUT2D eigenvalue weighted by Crippen LogP contribution is 2.19. The first-order valence-electron chi connectivity index (χ1n) is 7.54. The van der Waals surface area contributed by atoms with Gasteiger partial charge < -0.3 is 10.1 Å². The summed E-state index contributed by atoms with van der Waals surface area (Å²) >= 11 is 0. The van der Waals surface area contributed by atoms with Crippen molar-refractivity contribution in [3.63, 3.8) is 0 Å². The van der Waals surface area contributed by atoms with Crippen LogP contribution in [-0.4, -0.2) is 27.5 Å². The fourth-order valence-electron chi connectivity index (χ4n) is 2.13. The van der Waals surface area contributed by atoms with Gasteiger partial charge in [0, 0.05) is 29.8 Å². The van der Waals surface area contributed by atoms with E-state index in [1.165, 1.54) is 0 Å². The van der Waals surface area contributed by atoms with Crippen molar-refractivity contribution in [3.05, 3.63) is 66.6 Å². The number of nitrogens with zero attached hydrogens (tertiary/aromatic N) is 3. The predicted octanol–water partition coefficient (Wildman–Crippen LogP) is 3.46. The van der Waals surface area contributed by atoms with E-state index in [2.05, 4.69) is 20.3 Å². The molecule has 0 aliphatic heterocycles. The van der Waals surface area contributed by atoms with Crippen molar-refractivity contribution in [1.29, 1.82) is 0 Å². The van der Waals surface area contributed by atoms with Crippen molar-refractivity contribution in [2.45, 2.75) is 6.92 Å². The average Bonchev–Trinajstić information content (AvgIpc) is 2.63. The third kappa shape index (κ3) is 3.73. The van der Waals surface area contributed by atoms with Crippen LogP contribution in [0.1, 0.15) is 17.3 Å². The van der Waals surface area contributed by atoms with Crippen LogP contribution in [-0.2, 0) is 4.74 Å². The highest BCUT2D eigenvalue weighted by molar-refractivity contribution is 5.89. The molecule has 120 valence electrons. The quantitative estimate of drug-likeness (QED) is 0.725. The standard InChI is InChI=1S/C18H16N4O2/c1-2-24-17(23)13-5-7-15(8-6-13)21-18-20-11-9-16(22-18)14-4-3-10-19-12-14/h3-12H,2H2,1H3,(H,20,21,22). The molecule has 6 nitrogen and oxygen atoms in total. The van der Waals surface area contributed by atoms with Gasteiger partial charge in [-0.25, -0.2) is 14.8 Å². The summed E-state index contributed by atoms with van der Waals surface area (Å²) in [6, 6.07) is 12.6. The lowest BCUT2D eigenvalue weighted by Crippen LogP contribution is -2.04. The van der Waals surface area contributed by atoms with Crippen molar-refractivity contribution >= 4 is 17.6 Å². The lowest BCUT2D eigenvalue weighted by molar-refractivity contribution is 0.0526. The zero-order valence-electron chi connectivity index (χ0n) is 13.1. The third-order valence-electron chi connectivity index (χ3n) is 3.27. The molecule has 2 aromatic heterocycles. The molecule has 1 N–H and O–H groups in total. The predicted molar refractivity (Wildman–Crippen MR) is 90.9 cm³/mol. The highest BCUT2D eigenvalue weighted by atomic mass is 16.5. The fourth-order valence-corrected chi connectivity index (χ4v) is 2.13. The van der Waals surface area contributed by atoms with Gasteiger partial charge in [-0.3, -0.25) is 4.98 Å². The maximum atomic E-state index is 11.6. The van der Waals surface area contributed by atoms with Crippen LogP contribution in [0.4, 0.5) is 11.6 Å². The van der Waals surface area contributed by atoms with E-state index in [0.717, 1.165) is 16.9 Å². The number of pyridine rings is 1. The molecule has 0 bridgehead atoms. The second-order valence-corrected chi connectivity index (χ2v) is 4.93. The Hall–Kier alpha value is -3.28. The van der Waals surface area contributed by atoms with E-state index in [1.807, 2.05) is 18.2 Å². The topological polar surface area (TPSA) is 77.0 Å². The molecule has 2 heterocycles. The molecule has 0 atom stereocenters. The van der Waals surface area contributed by atoms with Gasteiger partial charge in [-0.15, -0.1) is 0 Å². The zero-order valence-corrected chi connectivity index (χ0v) is 13.1. The lowest BCUT2D eigenvalue weighted by atomic mass is 10.2. The molecule has 0 amide bonds. The van der Waals surface area contributed by atoms with Crippen LogP contribution < -0.4 is 5.32 Å². The van der Waals surface area contributed by atoms with Crippen molar-refractivity contribution < 1.29 is 9.53 Å². The Bertz CT molecular complexity index is 820. The summed E-state index contributed by atoms with van der Waals surface area (Å²) in [5, 5.41) is 3.12. The van der Waals surface area contributed by atoms with Gasteiger partial charge in [0.25, 0.3) is 0 Å². The molecule has 0 aliphatic carbocycles. The van der Waals surface area contributed by atoms with Gasteiger partial charge in [0.2, 0.25) is 5.95 Å². The van der Waals surface area contributed by atoms with E-state index in [0.29, 0.717) is 18.1 Å². The van der Waals surface area contributed by atoms with Crippen LogP contribution in [0.25, 0.3) is 11.3 Å². The van der Waals surface area contributed by atoms with Crippen LogP contribution in [0.15, 0.2) is 61.1 Å². The Morgan fingerprint density at radius 3 is 2.67 bits per heavy atom. The van der Waals surface area contributed by atoms with Gasteiger partial charge in [-0.1, -0.05) is 0 Å². The van der Waals surface area contributed by atoms with Gasteiger partial charge in [0.15, 0.2) is 0 Å². The number of anilines is 2. The SMILES string of the molecule is CCOC(=O)c1ccc(Nc2nccc(-c3cccnc3)n2)cc1. The van der Waals surface area contributed by atoms with E-state index in [1.54, 1.807) is 49.8 Å². The number of nitrogens with one attached hydrogen (secondary N) is 1. The maximum Gasteiger partial charge on any atom is 0.338 e. The average molecular weight is 320 g/mol. The third-order valence-corrected chi connectivity index (χ3v) is 3.27. The van der Waals surface area contributed by atoms with E-state index in [9.17, 15) is 4.79 Å². The largest absolute Gasteiger partial charge is 0.462 e. The summed E-state index contributed by atoms with van der Waals surface area (Å²) in [4.78, 5) is 24.4. The molecule has 0 unspecified atom stereocenters. The molecule has 3 aromatic rings. The number of carbonyl (C=O) groups is 1. The van der Waals surface area contributed by atoms with Crippen molar-refractivity contribution in [3.8, 4) is 11.3 Å². The number of rotatable bonds is 5. The molecule has 0 saturated carbocycles. The number of carbonyl (C=O) groups excluding carboxylic acids is 1. The Kier molecular flexibility index (Phi) is 4.76. The van der Waals surface area contributed by atoms with Gasteiger partial charge in [0.05, 0.1) is 17.9 Å². The highest BCUT2D eigenvalue weighted by Gasteiger charge is 2.07. The van der Waals surface area contributed by atoms with Crippen LogP contribution in [0.3, 0.4) is 0 Å². The summed E-state index contributed by atoms with van der Waals surface area (Å²) in [5.74, 6) is 0.138. The van der Waals surface area contributed by atoms with Gasteiger partial charge in [-0.05, 0) is 49.4 Å². The van der Waals surface area contributed by atoms with Crippen LogP contribution in [0.5, 0.6) is 0 Å². The molecular formula is C18H16N4O2. The lowest BCUT2D eigenvalue weighted by Gasteiger charge is -2.07. The number of hydrogen-bond donors (Lipinski definition) is 1. The number of ether oxygens (including phenoxy) is 1. The van der Waals surface area contributed by atoms with E-state index >= 15 is 0 Å². The normalized spacial score (nSPS) is 10.2. The minimum Gasteiger partial charge on any atom is -0.462 e. The summed E-state index contributed by atoms with van der Waals surface area (Å²) < 4.78 is 4.96. The molecular weight excluding hydrogens is 304 g/mol. The van der Waals surface area contributed by atoms with E-state index < -0.39 is 0 Å². The Morgan fingerprint density at radius 1 is 1.12 bits per heavy atom. The van der Waals surface area contributed by atoms with Gasteiger partial charge in [-0.2, -0.15) is 0 Å². The van der Waals surface area contributed by atoms with Crippen molar-refractivity contribution in [2.24, 2.45) is 0 Å². The number of aromatic nitrogens is 3. The molecule has 24 heavy (non-hydrogen) atoms. The second-order valence-electron chi connectivity index (χ2n) is 4.93. The first-order valence-corrected chi connectivity index (χ1v) is 7.54. The van der Waals surface area contributed by atoms with E-state index in [-0.39, 0.29) is 5.97 Å². The molecule has 1 aromatic carbocycles. The van der Waals surface area contributed by atoms with Crippen LogP contribution in [0.2, 0.25) is 0 Å². The monoisotopic (exact) mass is 320 g/mol. The Morgan fingerprint density at radius 2 is 1.96 bits per heavy atom.